The van der Waals surface area contributed by atoms with Gasteiger partial charge in [0.05, 0.1) is 23.1 Å². The van der Waals surface area contributed by atoms with Gasteiger partial charge in [-0.2, -0.15) is 9.61 Å². The van der Waals surface area contributed by atoms with Gasteiger partial charge in [-0.05, 0) is 44.9 Å². The second-order valence-electron chi connectivity index (χ2n) is 9.29. The number of hydrogen-bond donors (Lipinski definition) is 2. The number of nitrogens with two attached hydrogens (primary N) is 1. The zero-order chi connectivity index (χ0) is 26.3. The number of amides is 1. The van der Waals surface area contributed by atoms with Crippen molar-refractivity contribution in [2.75, 3.05) is 18.8 Å². The molecule has 37 heavy (non-hydrogen) atoms. The van der Waals surface area contributed by atoms with Gasteiger partial charge < -0.3 is 15.7 Å². The van der Waals surface area contributed by atoms with E-state index in [1.807, 2.05) is 6.07 Å². The largest absolute Gasteiger partial charge is 0.384 e. The molecule has 5 rings (SSSR count). The van der Waals surface area contributed by atoms with Crippen LogP contribution in [-0.4, -0.2) is 60.5 Å². The van der Waals surface area contributed by atoms with E-state index in [-0.39, 0.29) is 29.2 Å². The standard InChI is InChI=1S/C27H27FN6O3/c1-15(35)23-24(17-9-11-33(12-10-17)27(37)16(2)36)32-26-20(14-31-34(26)25(23)29)18-7-8-22(30-13-18)19-5-3-4-6-21(19)28/h3-8,13-14,16-17,36H,9-12,29H2,1-2H3/t16-/m1/s1. The highest BCUT2D eigenvalue weighted by atomic mass is 19.1. The fourth-order valence-corrected chi connectivity index (χ4v) is 4.91. The number of aliphatic hydroxyl groups excluding tert-OH is 1. The van der Waals surface area contributed by atoms with Crippen molar-refractivity contribution in [1.29, 1.82) is 0 Å². The van der Waals surface area contributed by atoms with Gasteiger partial charge >= 0.3 is 0 Å². The summed E-state index contributed by atoms with van der Waals surface area (Å²) in [6, 6.07) is 10.0. The molecule has 0 spiro atoms. The topological polar surface area (TPSA) is 127 Å². The Morgan fingerprint density at radius 1 is 1.11 bits per heavy atom. The minimum absolute atomic E-state index is 0.0893. The molecule has 10 heteroatoms. The number of aromatic nitrogens is 4. The van der Waals surface area contributed by atoms with Crippen LogP contribution < -0.4 is 5.73 Å². The van der Waals surface area contributed by atoms with Crippen molar-refractivity contribution in [3.8, 4) is 22.4 Å². The Morgan fingerprint density at radius 3 is 2.46 bits per heavy atom. The maximum Gasteiger partial charge on any atom is 0.251 e. The molecule has 3 N–H and O–H groups in total. The molecule has 3 aromatic heterocycles. The maximum atomic E-state index is 14.2. The van der Waals surface area contributed by atoms with Crippen LogP contribution in [-0.2, 0) is 4.79 Å². The molecule has 4 aromatic rings. The second-order valence-corrected chi connectivity index (χ2v) is 9.29. The number of aliphatic hydroxyl groups is 1. The van der Waals surface area contributed by atoms with Gasteiger partial charge in [-0.3, -0.25) is 14.6 Å². The maximum absolute atomic E-state index is 14.2. The van der Waals surface area contributed by atoms with E-state index in [2.05, 4.69) is 10.1 Å². The van der Waals surface area contributed by atoms with Crippen molar-refractivity contribution in [3.63, 3.8) is 0 Å². The molecule has 4 heterocycles. The lowest BCUT2D eigenvalue weighted by Crippen LogP contribution is -2.42. The highest BCUT2D eigenvalue weighted by Crippen LogP contribution is 2.35. The van der Waals surface area contributed by atoms with Crippen molar-refractivity contribution >= 4 is 23.2 Å². The molecule has 1 fully saturated rings. The molecule has 9 nitrogen and oxygen atoms in total. The van der Waals surface area contributed by atoms with Gasteiger partial charge in [-0.1, -0.05) is 18.2 Å². The predicted octanol–water partition coefficient (Wildman–Crippen LogP) is 3.47. The van der Waals surface area contributed by atoms with E-state index < -0.39 is 6.10 Å². The lowest BCUT2D eigenvalue weighted by atomic mass is 9.89. The number of carbonyl (C=O) groups is 2. The van der Waals surface area contributed by atoms with Gasteiger partial charge in [-0.15, -0.1) is 0 Å². The Hall–Kier alpha value is -4.18. The summed E-state index contributed by atoms with van der Waals surface area (Å²) < 4.78 is 15.6. The number of ketones is 1. The van der Waals surface area contributed by atoms with E-state index in [1.54, 1.807) is 41.6 Å². The van der Waals surface area contributed by atoms with Gasteiger partial charge in [0.1, 0.15) is 17.7 Å². The number of hydrogen-bond acceptors (Lipinski definition) is 7. The summed E-state index contributed by atoms with van der Waals surface area (Å²) >= 11 is 0. The number of carbonyl (C=O) groups excluding carboxylic acids is 2. The number of anilines is 1. The Morgan fingerprint density at radius 2 is 1.84 bits per heavy atom. The lowest BCUT2D eigenvalue weighted by molar-refractivity contribution is -0.140. The Kier molecular flexibility index (Phi) is 6.43. The van der Waals surface area contributed by atoms with Crippen LogP contribution in [0.4, 0.5) is 10.2 Å². The minimum Gasteiger partial charge on any atom is -0.384 e. The summed E-state index contributed by atoms with van der Waals surface area (Å²) in [5, 5.41) is 14.0. The van der Waals surface area contributed by atoms with E-state index in [9.17, 15) is 19.1 Å². The first-order valence-corrected chi connectivity index (χ1v) is 12.1. The summed E-state index contributed by atoms with van der Waals surface area (Å²) in [6.45, 7) is 3.81. The molecule has 0 bridgehead atoms. The van der Waals surface area contributed by atoms with E-state index >= 15 is 0 Å². The number of Topliss-reactive ketones (excluding diaryl/α,β-unsaturated/α-hetero) is 1. The predicted molar refractivity (Wildman–Crippen MR) is 136 cm³/mol. The molecular weight excluding hydrogens is 475 g/mol. The number of fused-ring (bicyclic) bond motifs is 1. The average Bonchev–Trinajstić information content (AvgIpc) is 3.33. The summed E-state index contributed by atoms with van der Waals surface area (Å²) in [7, 11) is 0. The third-order valence-corrected chi connectivity index (χ3v) is 6.84. The molecule has 0 saturated carbocycles. The third-order valence-electron chi connectivity index (χ3n) is 6.84. The third kappa shape index (κ3) is 4.44. The van der Waals surface area contributed by atoms with Crippen LogP contribution in [0.2, 0.25) is 0 Å². The number of nitrogens with zero attached hydrogens (tertiary/aromatic N) is 5. The number of nitrogen functional groups attached to an aromatic ring is 1. The smallest absolute Gasteiger partial charge is 0.251 e. The molecule has 0 unspecified atom stereocenters. The lowest BCUT2D eigenvalue weighted by Gasteiger charge is -2.33. The van der Waals surface area contributed by atoms with Crippen molar-refractivity contribution in [1.82, 2.24) is 24.5 Å². The normalized spacial score (nSPS) is 15.2. The average molecular weight is 503 g/mol. The molecule has 1 aromatic carbocycles. The van der Waals surface area contributed by atoms with Crippen molar-refractivity contribution < 1.29 is 19.1 Å². The molecule has 1 aliphatic rings. The van der Waals surface area contributed by atoms with Crippen LogP contribution in [0.25, 0.3) is 28.0 Å². The summed E-state index contributed by atoms with van der Waals surface area (Å²) in [5.41, 5.74) is 10.1. The van der Waals surface area contributed by atoms with Gasteiger partial charge in [0, 0.05) is 41.9 Å². The zero-order valence-corrected chi connectivity index (χ0v) is 20.6. The fourth-order valence-electron chi connectivity index (χ4n) is 4.91. The summed E-state index contributed by atoms with van der Waals surface area (Å²) in [4.78, 5) is 35.8. The van der Waals surface area contributed by atoms with E-state index in [4.69, 9.17) is 10.7 Å². The van der Waals surface area contributed by atoms with Crippen LogP contribution in [0.15, 0.2) is 48.8 Å². The first-order chi connectivity index (χ1) is 17.8. The van der Waals surface area contributed by atoms with Crippen molar-refractivity contribution in [2.45, 2.75) is 38.7 Å². The van der Waals surface area contributed by atoms with Crippen LogP contribution in [0.5, 0.6) is 0 Å². The fraction of sp³-hybridized carbons (Fsp3) is 0.296. The Labute approximate surface area is 212 Å². The van der Waals surface area contributed by atoms with Crippen LogP contribution in [0, 0.1) is 5.82 Å². The highest BCUT2D eigenvalue weighted by molar-refractivity contribution is 6.00. The molecule has 1 amide bonds. The minimum atomic E-state index is -1.05. The number of halogens is 1. The van der Waals surface area contributed by atoms with Gasteiger partial charge in [-0.25, -0.2) is 9.37 Å². The Bertz CT molecular complexity index is 1490. The molecule has 1 saturated heterocycles. The molecule has 190 valence electrons. The second kappa shape index (κ2) is 9.70. The van der Waals surface area contributed by atoms with Gasteiger partial charge in [0.25, 0.3) is 5.91 Å². The quantitative estimate of drug-likeness (QED) is 0.400. The Balaban J connectivity index is 1.52. The van der Waals surface area contributed by atoms with Crippen LogP contribution in [0.3, 0.4) is 0 Å². The molecular formula is C27H27FN6O3. The first-order valence-electron chi connectivity index (χ1n) is 12.1. The number of benzene rings is 1. The molecule has 1 atom stereocenters. The van der Waals surface area contributed by atoms with E-state index in [1.165, 1.54) is 24.4 Å². The van der Waals surface area contributed by atoms with Gasteiger partial charge in [0.2, 0.25) is 0 Å². The van der Waals surface area contributed by atoms with Crippen LogP contribution in [0.1, 0.15) is 48.7 Å². The number of likely N-dealkylation sites (tertiary alicyclic amines) is 1. The molecule has 1 aliphatic heterocycles. The van der Waals surface area contributed by atoms with Crippen molar-refractivity contribution in [3.05, 3.63) is 65.9 Å². The summed E-state index contributed by atoms with van der Waals surface area (Å²) in [6.07, 6.45) is 3.38. The van der Waals surface area contributed by atoms with Crippen LogP contribution >= 0.6 is 0 Å². The van der Waals surface area contributed by atoms with E-state index in [0.29, 0.717) is 59.7 Å². The summed E-state index contributed by atoms with van der Waals surface area (Å²) in [5.74, 6) is -0.753. The molecule has 0 aliphatic carbocycles. The van der Waals surface area contributed by atoms with Gasteiger partial charge in [0.15, 0.2) is 11.4 Å². The SMILES string of the molecule is CC(=O)c1c(C2CCN(C(=O)[C@@H](C)O)CC2)nc2c(-c3ccc(-c4ccccc4F)nc3)cnn2c1N. The zero-order valence-electron chi connectivity index (χ0n) is 20.6. The number of rotatable bonds is 5. The highest BCUT2D eigenvalue weighted by Gasteiger charge is 2.31. The number of pyridine rings is 1. The number of piperidine rings is 1. The van der Waals surface area contributed by atoms with E-state index in [0.717, 1.165) is 5.56 Å². The molecule has 0 radical (unpaired) electrons. The van der Waals surface area contributed by atoms with Crippen molar-refractivity contribution in [2.24, 2.45) is 0 Å². The monoisotopic (exact) mass is 502 g/mol. The first kappa shape index (κ1) is 24.5.